The van der Waals surface area contributed by atoms with Crippen molar-refractivity contribution in [1.29, 1.82) is 0 Å². The number of phenols is 1. The molecule has 0 atom stereocenters. The van der Waals surface area contributed by atoms with Gasteiger partial charge in [-0.3, -0.25) is 0 Å². The Morgan fingerprint density at radius 2 is 1.95 bits per heavy atom. The third kappa shape index (κ3) is 2.51. The van der Waals surface area contributed by atoms with Crippen molar-refractivity contribution in [3.8, 4) is 17.0 Å². The largest absolute Gasteiger partial charge is 0.507 e. The van der Waals surface area contributed by atoms with Crippen LogP contribution in [0.2, 0.25) is 0 Å². The summed E-state index contributed by atoms with van der Waals surface area (Å²) in [5, 5.41) is 21.4. The molecule has 1 aromatic carbocycles. The number of aromatic hydroxyl groups is 1. The van der Waals surface area contributed by atoms with E-state index in [1.54, 1.807) is 18.3 Å². The lowest BCUT2D eigenvalue weighted by Crippen LogP contribution is -2.43. The third-order valence-electron chi connectivity index (χ3n) is 3.30. The highest BCUT2D eigenvalue weighted by molar-refractivity contribution is 5.69. The van der Waals surface area contributed by atoms with E-state index < -0.39 is 0 Å². The summed E-state index contributed by atoms with van der Waals surface area (Å²) in [6.07, 6.45) is 1.77. The minimum atomic E-state index is 0.231. The second-order valence-corrected chi connectivity index (χ2v) is 4.55. The van der Waals surface area contributed by atoms with Crippen LogP contribution in [0.5, 0.6) is 5.75 Å². The molecule has 5 nitrogen and oxygen atoms in total. The highest BCUT2D eigenvalue weighted by atomic mass is 16.3. The Bertz CT molecular complexity index is 567. The highest BCUT2D eigenvalue weighted by Gasteiger charge is 2.13. The van der Waals surface area contributed by atoms with E-state index in [2.05, 4.69) is 20.4 Å². The van der Waals surface area contributed by atoms with Crippen LogP contribution in [-0.2, 0) is 0 Å². The SMILES string of the molecule is Oc1ccccc1-c1cc(N2CCNCC2)cnn1. The fraction of sp³-hybridized carbons (Fsp3) is 0.286. The van der Waals surface area contributed by atoms with Gasteiger partial charge in [0.25, 0.3) is 0 Å². The van der Waals surface area contributed by atoms with Gasteiger partial charge in [-0.05, 0) is 18.2 Å². The van der Waals surface area contributed by atoms with Gasteiger partial charge in [-0.2, -0.15) is 10.2 Å². The van der Waals surface area contributed by atoms with Crippen LogP contribution in [0, 0.1) is 0 Å². The Labute approximate surface area is 111 Å². The zero-order chi connectivity index (χ0) is 13.1. The topological polar surface area (TPSA) is 61.3 Å². The van der Waals surface area contributed by atoms with Gasteiger partial charge in [-0.15, -0.1) is 0 Å². The summed E-state index contributed by atoms with van der Waals surface area (Å²) in [7, 11) is 0. The maximum absolute atomic E-state index is 9.87. The molecule has 0 radical (unpaired) electrons. The van der Waals surface area contributed by atoms with Gasteiger partial charge in [0.1, 0.15) is 5.75 Å². The smallest absolute Gasteiger partial charge is 0.125 e. The normalized spacial score (nSPS) is 15.5. The van der Waals surface area contributed by atoms with Gasteiger partial charge in [0.2, 0.25) is 0 Å². The molecule has 98 valence electrons. The van der Waals surface area contributed by atoms with Crippen LogP contribution in [0.15, 0.2) is 36.5 Å². The summed E-state index contributed by atoms with van der Waals surface area (Å²) in [5.74, 6) is 0.231. The van der Waals surface area contributed by atoms with Crippen molar-refractivity contribution in [2.45, 2.75) is 0 Å². The van der Waals surface area contributed by atoms with Gasteiger partial charge in [-0.1, -0.05) is 12.1 Å². The lowest BCUT2D eigenvalue weighted by molar-refractivity contribution is 0.477. The average Bonchev–Trinajstić information content (AvgIpc) is 2.49. The summed E-state index contributed by atoms with van der Waals surface area (Å²) in [4.78, 5) is 2.27. The first-order valence-electron chi connectivity index (χ1n) is 6.41. The number of piperazine rings is 1. The minimum absolute atomic E-state index is 0.231. The highest BCUT2D eigenvalue weighted by Crippen LogP contribution is 2.28. The van der Waals surface area contributed by atoms with Crippen molar-refractivity contribution in [2.24, 2.45) is 0 Å². The zero-order valence-corrected chi connectivity index (χ0v) is 10.6. The Morgan fingerprint density at radius 3 is 2.74 bits per heavy atom. The standard InChI is InChI=1S/C14H16N4O/c19-14-4-2-1-3-12(14)13-9-11(10-16-17-13)18-7-5-15-6-8-18/h1-4,9-10,15,19H,5-8H2. The number of benzene rings is 1. The van der Waals surface area contributed by atoms with Gasteiger partial charge in [0.05, 0.1) is 17.6 Å². The van der Waals surface area contributed by atoms with E-state index in [1.807, 2.05) is 18.2 Å². The van der Waals surface area contributed by atoms with Crippen molar-refractivity contribution in [1.82, 2.24) is 15.5 Å². The van der Waals surface area contributed by atoms with E-state index in [1.165, 1.54) is 0 Å². The van der Waals surface area contributed by atoms with Gasteiger partial charge in [-0.25, -0.2) is 0 Å². The first kappa shape index (κ1) is 11.9. The van der Waals surface area contributed by atoms with Crippen LogP contribution in [0.4, 0.5) is 5.69 Å². The number of hydrogen-bond acceptors (Lipinski definition) is 5. The molecule has 3 rings (SSSR count). The molecule has 1 aliphatic heterocycles. The van der Waals surface area contributed by atoms with Crippen LogP contribution < -0.4 is 10.2 Å². The second-order valence-electron chi connectivity index (χ2n) is 4.55. The molecule has 0 aliphatic carbocycles. The molecule has 0 amide bonds. The van der Waals surface area contributed by atoms with E-state index in [4.69, 9.17) is 0 Å². The molecule has 0 spiro atoms. The molecule has 1 aromatic heterocycles. The number of anilines is 1. The van der Waals surface area contributed by atoms with E-state index in [0.29, 0.717) is 11.3 Å². The Balaban J connectivity index is 1.93. The summed E-state index contributed by atoms with van der Waals surface area (Å²) < 4.78 is 0. The first-order valence-corrected chi connectivity index (χ1v) is 6.41. The molecule has 1 aliphatic rings. The zero-order valence-electron chi connectivity index (χ0n) is 10.6. The van der Waals surface area contributed by atoms with E-state index >= 15 is 0 Å². The number of phenolic OH excluding ortho intramolecular Hbond substituents is 1. The van der Waals surface area contributed by atoms with Gasteiger partial charge in [0, 0.05) is 31.7 Å². The number of nitrogens with zero attached hydrogens (tertiary/aromatic N) is 3. The summed E-state index contributed by atoms with van der Waals surface area (Å²) in [6, 6.07) is 9.17. The molecular weight excluding hydrogens is 240 g/mol. The maximum Gasteiger partial charge on any atom is 0.125 e. The van der Waals surface area contributed by atoms with Crippen LogP contribution in [0.3, 0.4) is 0 Å². The second kappa shape index (κ2) is 5.24. The lowest BCUT2D eigenvalue weighted by atomic mass is 10.1. The minimum Gasteiger partial charge on any atom is -0.507 e. The number of rotatable bonds is 2. The molecular formula is C14H16N4O. The van der Waals surface area contributed by atoms with Crippen molar-refractivity contribution < 1.29 is 5.11 Å². The molecule has 1 fully saturated rings. The molecule has 19 heavy (non-hydrogen) atoms. The first-order chi connectivity index (χ1) is 9.34. The van der Waals surface area contributed by atoms with Crippen LogP contribution in [0.1, 0.15) is 0 Å². The van der Waals surface area contributed by atoms with Crippen molar-refractivity contribution in [2.75, 3.05) is 31.1 Å². The van der Waals surface area contributed by atoms with Crippen molar-refractivity contribution in [3.05, 3.63) is 36.5 Å². The monoisotopic (exact) mass is 256 g/mol. The van der Waals surface area contributed by atoms with E-state index in [0.717, 1.165) is 31.9 Å². The molecule has 5 heteroatoms. The summed E-state index contributed by atoms with van der Waals surface area (Å²) in [5.41, 5.74) is 2.47. The fourth-order valence-electron chi connectivity index (χ4n) is 2.27. The predicted octanol–water partition coefficient (Wildman–Crippen LogP) is 1.26. The van der Waals surface area contributed by atoms with E-state index in [9.17, 15) is 5.11 Å². The molecule has 0 unspecified atom stereocenters. The summed E-state index contributed by atoms with van der Waals surface area (Å²) >= 11 is 0. The molecule has 2 aromatic rings. The van der Waals surface area contributed by atoms with Gasteiger partial charge >= 0.3 is 0 Å². The van der Waals surface area contributed by atoms with Crippen molar-refractivity contribution >= 4 is 5.69 Å². The molecule has 1 saturated heterocycles. The number of para-hydroxylation sites is 1. The molecule has 2 heterocycles. The average molecular weight is 256 g/mol. The molecule has 0 saturated carbocycles. The number of aromatic nitrogens is 2. The quantitative estimate of drug-likeness (QED) is 0.847. The number of hydrogen-bond donors (Lipinski definition) is 2. The van der Waals surface area contributed by atoms with Gasteiger partial charge in [0.15, 0.2) is 0 Å². The van der Waals surface area contributed by atoms with Crippen LogP contribution in [0.25, 0.3) is 11.3 Å². The molecule has 0 bridgehead atoms. The lowest BCUT2D eigenvalue weighted by Gasteiger charge is -2.29. The molecule has 2 N–H and O–H groups in total. The maximum atomic E-state index is 9.87. The van der Waals surface area contributed by atoms with Crippen LogP contribution in [-0.4, -0.2) is 41.5 Å². The van der Waals surface area contributed by atoms with Crippen LogP contribution >= 0.6 is 0 Å². The Morgan fingerprint density at radius 1 is 1.16 bits per heavy atom. The Kier molecular flexibility index (Phi) is 3.29. The van der Waals surface area contributed by atoms with Gasteiger partial charge < -0.3 is 15.3 Å². The predicted molar refractivity (Wildman–Crippen MR) is 74.2 cm³/mol. The Hall–Kier alpha value is -2.14. The fourth-order valence-corrected chi connectivity index (χ4v) is 2.27. The number of nitrogens with one attached hydrogen (secondary N) is 1. The summed E-state index contributed by atoms with van der Waals surface area (Å²) in [6.45, 7) is 3.89. The van der Waals surface area contributed by atoms with E-state index in [-0.39, 0.29) is 5.75 Å². The van der Waals surface area contributed by atoms with Crippen molar-refractivity contribution in [3.63, 3.8) is 0 Å². The third-order valence-corrected chi connectivity index (χ3v) is 3.30.